The molecule has 3 nitrogen and oxygen atoms in total. The van der Waals surface area contributed by atoms with Gasteiger partial charge in [0.1, 0.15) is 0 Å². The van der Waals surface area contributed by atoms with Crippen LogP contribution in [0.25, 0.3) is 42.4 Å². The number of thiophene rings is 1. The van der Waals surface area contributed by atoms with Gasteiger partial charge in [-0.1, -0.05) is 216 Å². The molecule has 9 aromatic carbocycles. The van der Waals surface area contributed by atoms with Crippen molar-refractivity contribution in [1.29, 1.82) is 0 Å². The summed E-state index contributed by atoms with van der Waals surface area (Å²) in [6.45, 7) is 46.0. The minimum absolute atomic E-state index is 0.00243. The Kier molecular flexibility index (Phi) is 13.5. The number of fused-ring (bicyclic) bond motifs is 11. The Labute approximate surface area is 555 Å². The van der Waals surface area contributed by atoms with Gasteiger partial charge in [0.25, 0.3) is 0 Å². The second-order valence-electron chi connectivity index (χ2n) is 34.7. The predicted octanol–water partition coefficient (Wildman–Crippen LogP) is 23.8. The first-order valence-corrected chi connectivity index (χ1v) is 35.4. The van der Waals surface area contributed by atoms with Gasteiger partial charge in [-0.2, -0.15) is 0 Å². The molecule has 5 aliphatic rings. The Balaban J connectivity index is 1.11. The van der Waals surface area contributed by atoms with Gasteiger partial charge in [-0.25, -0.2) is 0 Å². The average molecular weight is 1230 g/mol. The third-order valence-electron chi connectivity index (χ3n) is 23.5. The van der Waals surface area contributed by atoms with E-state index in [4.69, 9.17) is 0 Å². The highest BCUT2D eigenvalue weighted by atomic mass is 32.1. The Morgan fingerprint density at radius 1 is 0.413 bits per heavy atom. The lowest BCUT2D eigenvalue weighted by atomic mass is 9.43. The van der Waals surface area contributed by atoms with Crippen LogP contribution < -0.4 is 25.5 Å². The normalized spacial score (nSPS) is 18.6. The van der Waals surface area contributed by atoms with Crippen molar-refractivity contribution in [3.8, 4) is 22.3 Å². The van der Waals surface area contributed by atoms with Gasteiger partial charge in [0, 0.05) is 60.8 Å². The number of hydrogen-bond acceptors (Lipinski definition) is 4. The van der Waals surface area contributed by atoms with Crippen LogP contribution in [-0.2, 0) is 43.3 Å². The maximum atomic E-state index is 2.86. The van der Waals surface area contributed by atoms with E-state index in [1.165, 1.54) is 151 Å². The third-order valence-corrected chi connectivity index (χ3v) is 24.6. The SMILES string of the molecule is Cc1cc2c(cc1N1c3cc(-c4ccccc4)ccc3B3c4c(cc(N(c5ccc(C(C)(C)C)cc5)c5ccc(C(C)(C)C)cc5)cc41)-c1ccc4c(sc5cc6c(cc54)C(C)(C)CCC6(C)C)c1N3c1ccc3c(c1)C(C)(C)CCC3(C)C)C(C)(C)CCC2(C)C. The van der Waals surface area contributed by atoms with Crippen molar-refractivity contribution in [3.63, 3.8) is 0 Å². The van der Waals surface area contributed by atoms with E-state index in [1.807, 2.05) is 11.3 Å². The Hall–Kier alpha value is -7.34. The van der Waals surface area contributed by atoms with E-state index < -0.39 is 0 Å². The number of anilines is 8. The molecule has 3 heterocycles. The standard InChI is InChI=1S/C87H96BN3S/c1-53-45-67-70(86(16,17)43-41-83(67,10)11)51-73(53)90-74-46-55(54-23-21-20-22-24-54)25-38-72(74)88-77-65(47-61(49-75(77)90)89(58-30-26-56(27-31-58)80(2,3)4)59-32-28-57(29-33-59)81(5,6)7)62-35-36-63-64-50-69-71(87(18,19)44-42-85(69,14)15)52-76(64)92-79(63)78(62)91(88)60-34-37-66-68(48-60)84(12,13)40-39-82(66,8)9/h20-38,45-52H,39-44H2,1-19H3. The fraction of sp³-hybridized carbons (Fsp3) is 0.379. The summed E-state index contributed by atoms with van der Waals surface area (Å²) in [5, 5.41) is 2.73. The van der Waals surface area contributed by atoms with Crippen LogP contribution in [0.4, 0.5) is 45.5 Å². The molecule has 0 atom stereocenters. The molecule has 15 rings (SSSR count). The first kappa shape index (κ1) is 60.9. The first-order valence-electron chi connectivity index (χ1n) is 34.6. The van der Waals surface area contributed by atoms with Crippen molar-refractivity contribution in [2.24, 2.45) is 0 Å². The van der Waals surface area contributed by atoms with Gasteiger partial charge in [-0.15, -0.1) is 11.3 Å². The Bertz CT molecular complexity index is 4610. The molecule has 0 saturated carbocycles. The topological polar surface area (TPSA) is 9.72 Å². The molecule has 0 radical (unpaired) electrons. The fourth-order valence-electron chi connectivity index (χ4n) is 17.1. The lowest BCUT2D eigenvalue weighted by Gasteiger charge is -2.48. The van der Waals surface area contributed by atoms with Crippen LogP contribution in [0.5, 0.6) is 0 Å². The van der Waals surface area contributed by atoms with E-state index in [1.54, 1.807) is 0 Å². The molecule has 0 amide bonds. The molecule has 1 aromatic heterocycles. The van der Waals surface area contributed by atoms with Crippen LogP contribution in [0, 0.1) is 6.92 Å². The van der Waals surface area contributed by atoms with E-state index in [0.29, 0.717) is 0 Å². The molecule has 3 aliphatic carbocycles. The summed E-state index contributed by atoms with van der Waals surface area (Å²) in [5.41, 5.74) is 30.5. The highest BCUT2D eigenvalue weighted by Crippen LogP contribution is 2.58. The third kappa shape index (κ3) is 9.52. The summed E-state index contributed by atoms with van der Waals surface area (Å²) in [6.07, 6.45) is 6.98. The maximum absolute atomic E-state index is 2.86. The summed E-state index contributed by atoms with van der Waals surface area (Å²) in [5.74, 6) is 0. The zero-order valence-corrected chi connectivity index (χ0v) is 59.5. The van der Waals surface area contributed by atoms with Gasteiger partial charge in [-0.05, 0) is 239 Å². The molecule has 5 heteroatoms. The van der Waals surface area contributed by atoms with Crippen molar-refractivity contribution in [2.45, 2.75) is 213 Å². The van der Waals surface area contributed by atoms with Gasteiger partial charge in [-0.3, -0.25) is 0 Å². The number of hydrogen-bond donors (Lipinski definition) is 0. The summed E-state index contributed by atoms with van der Waals surface area (Å²) in [6, 6.07) is 66.1. The van der Waals surface area contributed by atoms with Crippen molar-refractivity contribution in [3.05, 3.63) is 214 Å². The van der Waals surface area contributed by atoms with E-state index in [0.717, 1.165) is 36.3 Å². The van der Waals surface area contributed by atoms with E-state index >= 15 is 0 Å². The van der Waals surface area contributed by atoms with Crippen LogP contribution >= 0.6 is 11.3 Å². The molecule has 10 aromatic rings. The van der Waals surface area contributed by atoms with Crippen LogP contribution in [0.2, 0.25) is 0 Å². The molecule has 92 heavy (non-hydrogen) atoms. The van der Waals surface area contributed by atoms with Crippen LogP contribution in [0.15, 0.2) is 164 Å². The number of benzene rings is 9. The van der Waals surface area contributed by atoms with Crippen molar-refractivity contribution in [1.82, 2.24) is 0 Å². The molecule has 0 unspecified atom stereocenters. The largest absolute Gasteiger partial charge is 0.375 e. The molecule has 0 bridgehead atoms. The van der Waals surface area contributed by atoms with Gasteiger partial charge >= 0.3 is 6.85 Å². The fourth-order valence-corrected chi connectivity index (χ4v) is 18.4. The molecule has 0 fully saturated rings. The second-order valence-corrected chi connectivity index (χ2v) is 35.7. The van der Waals surface area contributed by atoms with Gasteiger partial charge in [0.05, 0.1) is 10.4 Å². The molecule has 2 aliphatic heterocycles. The van der Waals surface area contributed by atoms with Crippen molar-refractivity contribution < 1.29 is 0 Å². The minimum atomic E-state index is -0.198. The highest BCUT2D eigenvalue weighted by molar-refractivity contribution is 7.26. The minimum Gasteiger partial charge on any atom is -0.375 e. The van der Waals surface area contributed by atoms with Crippen LogP contribution in [0.1, 0.15) is 213 Å². The quantitative estimate of drug-likeness (QED) is 0.154. The maximum Gasteiger partial charge on any atom is 0.333 e. The lowest BCUT2D eigenvalue weighted by molar-refractivity contribution is 0.332. The van der Waals surface area contributed by atoms with Gasteiger partial charge < -0.3 is 14.6 Å². The lowest BCUT2D eigenvalue weighted by Crippen LogP contribution is -2.61. The van der Waals surface area contributed by atoms with E-state index in [9.17, 15) is 0 Å². The smallest absolute Gasteiger partial charge is 0.333 e. The number of aryl methyl sites for hydroxylation is 1. The van der Waals surface area contributed by atoms with Gasteiger partial charge in [0.15, 0.2) is 0 Å². The summed E-state index contributed by atoms with van der Waals surface area (Å²) < 4.78 is 2.74. The highest BCUT2D eigenvalue weighted by Gasteiger charge is 2.49. The zero-order chi connectivity index (χ0) is 64.9. The Morgan fingerprint density at radius 2 is 0.935 bits per heavy atom. The van der Waals surface area contributed by atoms with Crippen molar-refractivity contribution in [2.75, 3.05) is 14.6 Å². The van der Waals surface area contributed by atoms with Gasteiger partial charge in [0.2, 0.25) is 0 Å². The van der Waals surface area contributed by atoms with E-state index in [-0.39, 0.29) is 50.2 Å². The average Bonchev–Trinajstić information content (AvgIpc) is 1.03. The predicted molar refractivity (Wildman–Crippen MR) is 401 cm³/mol. The Morgan fingerprint density at radius 3 is 1.50 bits per heavy atom. The summed E-state index contributed by atoms with van der Waals surface area (Å²) in [4.78, 5) is 8.17. The molecular formula is C87H96BN3S. The zero-order valence-electron chi connectivity index (χ0n) is 58.7. The molecule has 0 N–H and O–H groups in total. The van der Waals surface area contributed by atoms with E-state index in [2.05, 4.69) is 310 Å². The molecular weight excluding hydrogens is 1130 g/mol. The summed E-state index contributed by atoms with van der Waals surface area (Å²) >= 11 is 2.03. The monoisotopic (exact) mass is 1230 g/mol. The molecule has 0 saturated heterocycles. The number of nitrogens with zero attached hydrogens (tertiary/aromatic N) is 3. The van der Waals surface area contributed by atoms with Crippen LogP contribution in [0.3, 0.4) is 0 Å². The molecule has 468 valence electrons. The molecule has 0 spiro atoms. The second kappa shape index (κ2) is 20.3. The number of rotatable bonds is 6. The summed E-state index contributed by atoms with van der Waals surface area (Å²) in [7, 11) is 0. The van der Waals surface area contributed by atoms with Crippen LogP contribution in [-0.4, -0.2) is 6.85 Å². The van der Waals surface area contributed by atoms with Crippen molar-refractivity contribution >= 4 is 94.8 Å². The first-order chi connectivity index (χ1) is 43.2.